The highest BCUT2D eigenvalue weighted by Crippen LogP contribution is 2.67. The molecule has 3 N–H and O–H groups in total. The summed E-state index contributed by atoms with van der Waals surface area (Å²) in [5, 5.41) is 26.0. The van der Waals surface area contributed by atoms with Crippen molar-refractivity contribution in [1.29, 1.82) is 0 Å². The Hall–Kier alpha value is -2.36. The summed E-state index contributed by atoms with van der Waals surface area (Å²) < 4.78 is 10.7. The fraction of sp³-hybridized carbons (Fsp3) is 0.733. The molecular weight excluding hydrogens is 502 g/mol. The van der Waals surface area contributed by atoms with Gasteiger partial charge in [-0.25, -0.2) is 0 Å². The van der Waals surface area contributed by atoms with Gasteiger partial charge in [-0.15, -0.1) is 0 Å². The number of aliphatic hydroxyl groups is 2. The number of hydrogen-bond acceptors (Lipinski definition) is 8. The van der Waals surface area contributed by atoms with Crippen LogP contribution in [0.3, 0.4) is 0 Å². The molecule has 0 spiro atoms. The molecule has 9 heteroatoms. The summed E-state index contributed by atoms with van der Waals surface area (Å²) in [6.07, 6.45) is 8.84. The van der Waals surface area contributed by atoms with Crippen LogP contribution in [0, 0.1) is 28.6 Å². The van der Waals surface area contributed by atoms with Gasteiger partial charge in [-0.3, -0.25) is 19.2 Å². The first-order valence-electron chi connectivity index (χ1n) is 14.4. The zero-order chi connectivity index (χ0) is 28.0. The van der Waals surface area contributed by atoms with Crippen LogP contribution in [0.1, 0.15) is 71.6 Å². The summed E-state index contributed by atoms with van der Waals surface area (Å²) in [4.78, 5) is 49.7. The number of rotatable bonds is 8. The molecule has 0 radical (unpaired) electrons. The van der Waals surface area contributed by atoms with Gasteiger partial charge < -0.3 is 25.0 Å². The van der Waals surface area contributed by atoms with Crippen molar-refractivity contribution in [2.24, 2.45) is 28.6 Å². The fourth-order valence-electron chi connectivity index (χ4n) is 8.46. The van der Waals surface area contributed by atoms with Gasteiger partial charge in [0.2, 0.25) is 11.7 Å². The van der Waals surface area contributed by atoms with Gasteiger partial charge in [0.15, 0.2) is 12.4 Å². The van der Waals surface area contributed by atoms with E-state index in [-0.39, 0.29) is 61.2 Å². The molecule has 8 atom stereocenters. The lowest BCUT2D eigenvalue weighted by molar-refractivity contribution is -0.181. The maximum absolute atomic E-state index is 13.4. The van der Waals surface area contributed by atoms with E-state index in [2.05, 4.69) is 12.2 Å². The fourth-order valence-corrected chi connectivity index (χ4v) is 8.46. The van der Waals surface area contributed by atoms with Gasteiger partial charge >= 0.3 is 5.97 Å². The smallest absolute Gasteiger partial charge is 0.306 e. The van der Waals surface area contributed by atoms with E-state index in [1.54, 1.807) is 12.2 Å². The Morgan fingerprint density at radius 1 is 1.18 bits per heavy atom. The van der Waals surface area contributed by atoms with E-state index in [1.807, 2.05) is 13.0 Å². The van der Waals surface area contributed by atoms with Gasteiger partial charge in [-0.05, 0) is 68.9 Å². The van der Waals surface area contributed by atoms with Crippen LogP contribution < -0.4 is 5.32 Å². The minimum atomic E-state index is -1.71. The predicted molar refractivity (Wildman–Crippen MR) is 140 cm³/mol. The minimum Gasteiger partial charge on any atom is -0.458 e. The molecule has 9 nitrogen and oxygen atoms in total. The molecule has 4 aliphatic carbocycles. The van der Waals surface area contributed by atoms with Crippen LogP contribution in [0.2, 0.25) is 0 Å². The minimum absolute atomic E-state index is 0.0165. The van der Waals surface area contributed by atoms with E-state index in [4.69, 9.17) is 9.47 Å². The number of esters is 1. The van der Waals surface area contributed by atoms with Gasteiger partial charge in [0.1, 0.15) is 5.60 Å². The molecule has 0 bridgehead atoms. The molecule has 1 heterocycles. The summed E-state index contributed by atoms with van der Waals surface area (Å²) in [6.45, 7) is 4.52. The van der Waals surface area contributed by atoms with Crippen molar-refractivity contribution in [1.82, 2.24) is 5.32 Å². The SMILES string of the molecule is C[C@]12C=CC(=O)C=C1CC[C@@H]1[C@@H]2[C@@H](O)C[C@@]2(C)[C@H]1CC[C@]2(O)C(=O)COC(=O)CCC(=O)NCC1CCCO1. The number of carbonyl (C=O) groups is 4. The molecule has 4 fully saturated rings. The van der Waals surface area contributed by atoms with Gasteiger partial charge in [0.25, 0.3) is 0 Å². The lowest BCUT2D eigenvalue weighted by Gasteiger charge is -2.59. The highest BCUT2D eigenvalue weighted by Gasteiger charge is 2.68. The average molecular weight is 544 g/mol. The van der Waals surface area contributed by atoms with Crippen LogP contribution >= 0.6 is 0 Å². The van der Waals surface area contributed by atoms with Crippen molar-refractivity contribution in [2.45, 2.75) is 89.4 Å². The first kappa shape index (κ1) is 28.2. The average Bonchev–Trinajstić information content (AvgIpc) is 3.51. The van der Waals surface area contributed by atoms with Crippen LogP contribution in [0.15, 0.2) is 23.8 Å². The predicted octanol–water partition coefficient (Wildman–Crippen LogP) is 2.18. The Labute approximate surface area is 229 Å². The molecule has 5 rings (SSSR count). The summed E-state index contributed by atoms with van der Waals surface area (Å²) in [7, 11) is 0. The second-order valence-corrected chi connectivity index (χ2v) is 12.6. The first-order chi connectivity index (χ1) is 18.5. The van der Waals surface area contributed by atoms with Crippen LogP contribution in [0.5, 0.6) is 0 Å². The van der Waals surface area contributed by atoms with Crippen molar-refractivity contribution in [3.05, 3.63) is 23.8 Å². The second kappa shape index (κ2) is 10.6. The van der Waals surface area contributed by atoms with Crippen molar-refractivity contribution < 1.29 is 38.9 Å². The van der Waals surface area contributed by atoms with Gasteiger partial charge in [0, 0.05) is 36.3 Å². The number of allylic oxidation sites excluding steroid dienone is 4. The zero-order valence-corrected chi connectivity index (χ0v) is 22.9. The molecule has 5 aliphatic rings. The van der Waals surface area contributed by atoms with E-state index in [0.717, 1.165) is 31.3 Å². The maximum atomic E-state index is 13.4. The molecule has 0 aromatic heterocycles. The number of ether oxygens (including phenoxy) is 2. The Bertz CT molecular complexity index is 1090. The quantitative estimate of drug-likeness (QED) is 0.396. The van der Waals surface area contributed by atoms with E-state index >= 15 is 0 Å². The van der Waals surface area contributed by atoms with Crippen LogP contribution in [0.4, 0.5) is 0 Å². The van der Waals surface area contributed by atoms with Crippen molar-refractivity contribution >= 4 is 23.4 Å². The lowest BCUT2D eigenvalue weighted by Crippen LogP contribution is -2.61. The van der Waals surface area contributed by atoms with Crippen LogP contribution in [0.25, 0.3) is 0 Å². The number of carbonyl (C=O) groups excluding carboxylic acids is 4. The Kier molecular flexibility index (Phi) is 7.63. The standard InChI is InChI=1S/C30H41NO8/c1-28-11-9-19(32)14-18(28)5-6-21-22-10-12-30(37,29(22,2)15-23(33)27(21)28)24(34)17-39-26(36)8-7-25(35)31-16-20-4-3-13-38-20/h9,11,14,20-23,27,33,37H,3-8,10,12-13,15-17H2,1-2H3,(H,31,35)/t20?,21-,22-,23-,27+,28-,29-,30-/m0/s1. The Balaban J connectivity index is 1.18. The number of aliphatic hydroxyl groups excluding tert-OH is 1. The molecule has 1 aliphatic heterocycles. The Morgan fingerprint density at radius 2 is 1.97 bits per heavy atom. The van der Waals surface area contributed by atoms with Gasteiger partial charge in [-0.1, -0.05) is 25.5 Å². The third kappa shape index (κ3) is 4.91. The molecule has 3 saturated carbocycles. The first-order valence-corrected chi connectivity index (χ1v) is 14.4. The maximum Gasteiger partial charge on any atom is 0.306 e. The summed E-state index contributed by atoms with van der Waals surface area (Å²) in [5.74, 6) is -1.50. The molecule has 1 amide bonds. The van der Waals surface area contributed by atoms with E-state index < -0.39 is 40.9 Å². The van der Waals surface area contributed by atoms with Gasteiger partial charge in [-0.2, -0.15) is 0 Å². The van der Waals surface area contributed by atoms with Crippen LogP contribution in [-0.4, -0.2) is 71.2 Å². The van der Waals surface area contributed by atoms with Crippen molar-refractivity contribution in [3.8, 4) is 0 Å². The number of ketones is 2. The molecule has 0 aromatic rings. The molecule has 39 heavy (non-hydrogen) atoms. The van der Waals surface area contributed by atoms with E-state index in [0.29, 0.717) is 19.6 Å². The largest absolute Gasteiger partial charge is 0.458 e. The monoisotopic (exact) mass is 543 g/mol. The molecule has 1 saturated heterocycles. The number of hydrogen-bond donors (Lipinski definition) is 3. The van der Waals surface area contributed by atoms with Gasteiger partial charge in [0.05, 0.1) is 18.6 Å². The second-order valence-electron chi connectivity index (χ2n) is 12.6. The third-order valence-corrected chi connectivity index (χ3v) is 10.6. The van der Waals surface area contributed by atoms with Crippen LogP contribution in [-0.2, 0) is 28.7 Å². The Morgan fingerprint density at radius 3 is 2.72 bits per heavy atom. The molecule has 1 unspecified atom stereocenters. The molecule has 214 valence electrons. The molecular formula is C30H41NO8. The third-order valence-electron chi connectivity index (χ3n) is 10.6. The normalized spacial score (nSPS) is 40.8. The number of fused-ring (bicyclic) bond motifs is 5. The highest BCUT2D eigenvalue weighted by molar-refractivity contribution is 6.01. The van der Waals surface area contributed by atoms with Crippen molar-refractivity contribution in [2.75, 3.05) is 19.8 Å². The highest BCUT2D eigenvalue weighted by atomic mass is 16.5. The number of Topliss-reactive ketones (excluding diaryl/α,β-unsaturated/α-hetero) is 1. The number of nitrogens with one attached hydrogen (secondary N) is 1. The lowest BCUT2D eigenvalue weighted by atomic mass is 9.46. The number of amides is 1. The molecule has 0 aromatic carbocycles. The zero-order valence-electron chi connectivity index (χ0n) is 22.9. The van der Waals surface area contributed by atoms with E-state index in [1.165, 1.54) is 0 Å². The van der Waals surface area contributed by atoms with Crippen molar-refractivity contribution in [3.63, 3.8) is 0 Å². The summed E-state index contributed by atoms with van der Waals surface area (Å²) in [5.41, 5.74) is -1.94. The summed E-state index contributed by atoms with van der Waals surface area (Å²) >= 11 is 0. The topological polar surface area (TPSA) is 139 Å². The van der Waals surface area contributed by atoms with E-state index in [9.17, 15) is 29.4 Å². The summed E-state index contributed by atoms with van der Waals surface area (Å²) in [6, 6.07) is 0.